The SMILES string of the molecule is CC(=O)NC1=C\C=C\C(CSc2ncccc2C(=O)Nc2cc(C)cc(C)c2)=C/C=N\1. The minimum atomic E-state index is -0.188. The second-order valence-corrected chi connectivity index (χ2v) is 8.05. The lowest BCUT2D eigenvalue weighted by atomic mass is 10.1. The largest absolute Gasteiger partial charge is 0.322 e. The van der Waals surface area contributed by atoms with Crippen molar-refractivity contribution in [2.45, 2.75) is 25.8 Å². The van der Waals surface area contributed by atoms with E-state index in [9.17, 15) is 9.59 Å². The van der Waals surface area contributed by atoms with Gasteiger partial charge in [-0.3, -0.25) is 9.59 Å². The Morgan fingerprint density at radius 3 is 2.58 bits per heavy atom. The Morgan fingerprint density at radius 1 is 1.06 bits per heavy atom. The summed E-state index contributed by atoms with van der Waals surface area (Å²) in [6.45, 7) is 5.45. The van der Waals surface area contributed by atoms with Gasteiger partial charge in [-0.25, -0.2) is 9.98 Å². The number of carbonyl (C=O) groups excluding carboxylic acids is 2. The highest BCUT2D eigenvalue weighted by Gasteiger charge is 2.14. The maximum absolute atomic E-state index is 12.9. The number of pyridine rings is 1. The summed E-state index contributed by atoms with van der Waals surface area (Å²) in [4.78, 5) is 32.7. The normalized spacial score (nSPS) is 18.4. The topological polar surface area (TPSA) is 83.5 Å². The predicted octanol–water partition coefficient (Wildman–Crippen LogP) is 4.59. The van der Waals surface area contributed by atoms with Gasteiger partial charge in [0.2, 0.25) is 5.91 Å². The molecule has 1 aromatic carbocycles. The fourth-order valence-electron chi connectivity index (χ4n) is 3.00. The molecule has 0 radical (unpaired) electrons. The molecule has 6 nitrogen and oxygen atoms in total. The summed E-state index contributed by atoms with van der Waals surface area (Å²) in [5, 5.41) is 6.28. The Balaban J connectivity index is 1.68. The fraction of sp³-hybridized carbons (Fsp3) is 0.167. The molecule has 1 aliphatic rings. The molecule has 3 rings (SSSR count). The van der Waals surface area contributed by atoms with Gasteiger partial charge >= 0.3 is 0 Å². The first-order chi connectivity index (χ1) is 14.9. The van der Waals surface area contributed by atoms with Crippen molar-refractivity contribution in [2.75, 3.05) is 11.1 Å². The Morgan fingerprint density at radius 2 is 1.84 bits per heavy atom. The molecule has 0 fully saturated rings. The lowest BCUT2D eigenvalue weighted by Gasteiger charge is -2.11. The average molecular weight is 433 g/mol. The molecule has 0 saturated heterocycles. The Bertz CT molecular complexity index is 1100. The van der Waals surface area contributed by atoms with Gasteiger partial charge in [-0.1, -0.05) is 18.2 Å². The van der Waals surface area contributed by atoms with Crippen molar-refractivity contribution >= 4 is 35.5 Å². The number of hydrogen-bond donors (Lipinski definition) is 2. The van der Waals surface area contributed by atoms with Crippen LogP contribution in [0, 0.1) is 13.8 Å². The number of allylic oxidation sites excluding steroid dienone is 4. The molecule has 0 unspecified atom stereocenters. The van der Waals surface area contributed by atoms with E-state index in [1.54, 1.807) is 30.6 Å². The second-order valence-electron chi connectivity index (χ2n) is 7.09. The number of anilines is 1. The predicted molar refractivity (Wildman–Crippen MR) is 126 cm³/mol. The molecule has 2 heterocycles. The Labute approximate surface area is 186 Å². The number of thioether (sulfide) groups is 1. The first kappa shape index (κ1) is 22.2. The summed E-state index contributed by atoms with van der Waals surface area (Å²) in [7, 11) is 0. The van der Waals surface area contributed by atoms with Gasteiger partial charge < -0.3 is 10.6 Å². The third kappa shape index (κ3) is 6.79. The van der Waals surface area contributed by atoms with Crippen molar-refractivity contribution < 1.29 is 9.59 Å². The average Bonchev–Trinajstić information content (AvgIpc) is 2.68. The van der Waals surface area contributed by atoms with Crippen LogP contribution in [-0.4, -0.2) is 28.8 Å². The molecule has 0 spiro atoms. The molecular formula is C24H24N4O2S. The van der Waals surface area contributed by atoms with Gasteiger partial charge in [0.1, 0.15) is 10.8 Å². The lowest BCUT2D eigenvalue weighted by Crippen LogP contribution is -2.17. The fourth-order valence-corrected chi connectivity index (χ4v) is 3.95. The molecule has 7 heteroatoms. The summed E-state index contributed by atoms with van der Waals surface area (Å²) in [5.74, 6) is 0.750. The van der Waals surface area contributed by atoms with Gasteiger partial charge in [0.25, 0.3) is 5.91 Å². The summed E-state index contributed by atoms with van der Waals surface area (Å²) < 4.78 is 0. The van der Waals surface area contributed by atoms with E-state index in [-0.39, 0.29) is 11.8 Å². The van der Waals surface area contributed by atoms with Gasteiger partial charge in [0, 0.05) is 30.8 Å². The van der Waals surface area contributed by atoms with Crippen molar-refractivity contribution in [3.8, 4) is 0 Å². The zero-order chi connectivity index (χ0) is 22.2. The number of aliphatic imine (C=N–C) groups is 1. The molecule has 2 N–H and O–H groups in total. The van der Waals surface area contributed by atoms with E-state index < -0.39 is 0 Å². The number of nitrogens with zero attached hydrogens (tertiary/aromatic N) is 2. The standard InChI is InChI=1S/C24H24N4O2S/c1-16-12-17(2)14-20(13-16)28-23(30)21-7-5-10-26-24(21)31-15-19-6-4-8-22(25-11-9-19)27-18(3)29/h4-14H,15H2,1-3H3,(H,28,30)(H,25,27,29). The highest BCUT2D eigenvalue weighted by molar-refractivity contribution is 7.99. The molecule has 2 amide bonds. The first-order valence-electron chi connectivity index (χ1n) is 9.77. The Kier molecular flexibility index (Phi) is 7.56. The van der Waals surface area contributed by atoms with Crippen LogP contribution in [0.1, 0.15) is 28.4 Å². The quantitative estimate of drug-likeness (QED) is 0.654. The summed E-state index contributed by atoms with van der Waals surface area (Å²) in [5.41, 5.74) is 4.50. The lowest BCUT2D eigenvalue weighted by molar-refractivity contribution is -0.118. The zero-order valence-electron chi connectivity index (χ0n) is 17.7. The summed E-state index contributed by atoms with van der Waals surface area (Å²) >= 11 is 1.48. The highest BCUT2D eigenvalue weighted by Crippen LogP contribution is 2.24. The van der Waals surface area contributed by atoms with Crippen molar-refractivity contribution in [1.82, 2.24) is 10.3 Å². The molecule has 0 saturated carbocycles. The number of rotatable bonds is 6. The van der Waals surface area contributed by atoms with Crippen LogP contribution in [0.3, 0.4) is 0 Å². The molecule has 2 aromatic rings. The van der Waals surface area contributed by atoms with Crippen LogP contribution in [0.25, 0.3) is 0 Å². The number of benzene rings is 1. The number of nitrogens with one attached hydrogen (secondary N) is 2. The van der Waals surface area contributed by atoms with Crippen molar-refractivity contribution in [2.24, 2.45) is 4.99 Å². The number of carbonyl (C=O) groups is 2. The van der Waals surface area contributed by atoms with E-state index in [1.165, 1.54) is 18.7 Å². The van der Waals surface area contributed by atoms with Crippen molar-refractivity contribution in [3.63, 3.8) is 0 Å². The van der Waals surface area contributed by atoms with E-state index in [0.29, 0.717) is 22.2 Å². The molecular weight excluding hydrogens is 408 g/mol. The second kappa shape index (κ2) is 10.5. The highest BCUT2D eigenvalue weighted by atomic mass is 32.2. The molecule has 0 aliphatic carbocycles. The summed E-state index contributed by atoms with van der Waals surface area (Å²) in [6, 6.07) is 9.49. The minimum absolute atomic E-state index is 0.168. The van der Waals surface area contributed by atoms with Crippen LogP contribution in [-0.2, 0) is 4.79 Å². The molecule has 158 valence electrons. The van der Waals surface area contributed by atoms with E-state index in [1.807, 2.05) is 44.2 Å². The summed E-state index contributed by atoms with van der Waals surface area (Å²) in [6.07, 6.45) is 10.7. The number of amides is 2. The van der Waals surface area contributed by atoms with Gasteiger partial charge in [0.15, 0.2) is 0 Å². The van der Waals surface area contributed by atoms with E-state index in [4.69, 9.17) is 0 Å². The third-order valence-corrected chi connectivity index (χ3v) is 5.32. The number of hydrogen-bond acceptors (Lipinski definition) is 5. The monoisotopic (exact) mass is 432 g/mol. The van der Waals surface area contributed by atoms with E-state index >= 15 is 0 Å². The van der Waals surface area contributed by atoms with Gasteiger partial charge in [-0.15, -0.1) is 11.8 Å². The van der Waals surface area contributed by atoms with Crippen LogP contribution in [0.5, 0.6) is 0 Å². The zero-order valence-corrected chi connectivity index (χ0v) is 18.5. The van der Waals surface area contributed by atoms with Gasteiger partial charge in [-0.2, -0.15) is 0 Å². The molecule has 31 heavy (non-hydrogen) atoms. The third-order valence-electron chi connectivity index (χ3n) is 4.24. The van der Waals surface area contributed by atoms with Crippen LogP contribution >= 0.6 is 11.8 Å². The van der Waals surface area contributed by atoms with E-state index in [2.05, 4.69) is 26.7 Å². The molecule has 0 bridgehead atoms. The molecule has 1 aromatic heterocycles. The van der Waals surface area contributed by atoms with Crippen LogP contribution in [0.15, 0.2) is 82.2 Å². The smallest absolute Gasteiger partial charge is 0.258 e. The number of aryl methyl sites for hydroxylation is 2. The minimum Gasteiger partial charge on any atom is -0.322 e. The maximum Gasteiger partial charge on any atom is 0.258 e. The van der Waals surface area contributed by atoms with Crippen LogP contribution in [0.4, 0.5) is 5.69 Å². The van der Waals surface area contributed by atoms with Crippen molar-refractivity contribution in [1.29, 1.82) is 0 Å². The van der Waals surface area contributed by atoms with Gasteiger partial charge in [0.05, 0.1) is 5.56 Å². The van der Waals surface area contributed by atoms with Crippen LogP contribution in [0.2, 0.25) is 0 Å². The Hall–Kier alpha value is -3.45. The van der Waals surface area contributed by atoms with Crippen LogP contribution < -0.4 is 10.6 Å². The first-order valence-corrected chi connectivity index (χ1v) is 10.8. The van der Waals surface area contributed by atoms with E-state index in [0.717, 1.165) is 22.4 Å². The molecule has 0 atom stereocenters. The maximum atomic E-state index is 12.9. The van der Waals surface area contributed by atoms with Gasteiger partial charge in [-0.05, 0) is 67.0 Å². The van der Waals surface area contributed by atoms with Crippen molar-refractivity contribution in [3.05, 3.63) is 88.9 Å². The molecule has 1 aliphatic heterocycles. The number of aromatic nitrogens is 1.